The van der Waals surface area contributed by atoms with E-state index in [9.17, 15) is 4.55 Å². The van der Waals surface area contributed by atoms with E-state index in [2.05, 4.69) is 17.4 Å². The van der Waals surface area contributed by atoms with Crippen LogP contribution in [0.5, 0.6) is 0 Å². The lowest BCUT2D eigenvalue weighted by Crippen LogP contribution is -2.28. The molecule has 36 valence electrons. The maximum absolute atomic E-state index is 9.77. The zero-order valence-electron chi connectivity index (χ0n) is 2.88. The number of nitrogens with two attached hydrogens (primary N) is 2. The van der Waals surface area contributed by atoms with Crippen molar-refractivity contribution in [3.63, 3.8) is 0 Å². The molecule has 0 aliphatic carbocycles. The van der Waals surface area contributed by atoms with Gasteiger partial charge in [0.25, 0.3) is 0 Å². The first-order chi connectivity index (χ1) is 2.64. The van der Waals surface area contributed by atoms with E-state index in [-0.39, 0.29) is 4.32 Å². The summed E-state index contributed by atoms with van der Waals surface area (Å²) in [4.78, 5) is 0. The molecule has 0 aromatic carbocycles. The molecule has 0 spiro atoms. The standard InChI is InChI=1S/CH4N2OS2/c2-1(5)6(3)4/h3H2,(H2,2,5). The van der Waals surface area contributed by atoms with Crippen LogP contribution in [0.25, 0.3) is 0 Å². The van der Waals surface area contributed by atoms with Crippen LogP contribution in [0.1, 0.15) is 0 Å². The van der Waals surface area contributed by atoms with E-state index >= 15 is 0 Å². The molecule has 0 aliphatic rings. The summed E-state index contributed by atoms with van der Waals surface area (Å²) in [5, 5.41) is 4.64. The molecule has 0 fully saturated rings. The van der Waals surface area contributed by atoms with Crippen molar-refractivity contribution in [2.75, 3.05) is 0 Å². The predicted molar refractivity (Wildman–Crippen MR) is 29.1 cm³/mol. The molecule has 0 heterocycles. The summed E-state index contributed by atoms with van der Waals surface area (Å²) in [5.74, 6) is 0. The first kappa shape index (κ1) is 6.16. The highest BCUT2D eigenvalue weighted by Gasteiger charge is 1.98. The van der Waals surface area contributed by atoms with Gasteiger partial charge in [0.2, 0.25) is 0 Å². The Labute approximate surface area is 44.0 Å². The Hall–Kier alpha value is 0.160. The molecule has 0 amide bonds. The van der Waals surface area contributed by atoms with Crippen molar-refractivity contribution >= 4 is 27.9 Å². The van der Waals surface area contributed by atoms with Crippen LogP contribution in [0.2, 0.25) is 0 Å². The van der Waals surface area contributed by atoms with Gasteiger partial charge in [0.05, 0.1) is 0 Å². The number of rotatable bonds is 0. The maximum atomic E-state index is 9.77. The topological polar surface area (TPSA) is 75.1 Å². The van der Waals surface area contributed by atoms with Gasteiger partial charge in [-0.3, -0.25) is 0 Å². The smallest absolute Gasteiger partial charge is 0.304 e. The Kier molecular flexibility index (Phi) is 2.42. The molecular formula is CH4N2OS2. The lowest BCUT2D eigenvalue weighted by Gasteiger charge is -1.94. The molecule has 0 bridgehead atoms. The SMILES string of the molecule is NC(=S)[S+](N)[O-]. The minimum atomic E-state index is -1.61. The second kappa shape index (κ2) is 2.35. The molecule has 1 atom stereocenters. The van der Waals surface area contributed by atoms with Crippen LogP contribution in [-0.2, 0) is 11.4 Å². The van der Waals surface area contributed by atoms with Gasteiger partial charge < -0.3 is 10.3 Å². The molecule has 0 rings (SSSR count). The Morgan fingerprint density at radius 3 is 2.00 bits per heavy atom. The van der Waals surface area contributed by atoms with Crippen molar-refractivity contribution in [2.45, 2.75) is 0 Å². The van der Waals surface area contributed by atoms with Crippen LogP contribution in [0.4, 0.5) is 0 Å². The summed E-state index contributed by atoms with van der Waals surface area (Å²) in [6.07, 6.45) is 0. The van der Waals surface area contributed by atoms with Gasteiger partial charge in [-0.1, -0.05) is 0 Å². The van der Waals surface area contributed by atoms with E-state index in [0.717, 1.165) is 0 Å². The Morgan fingerprint density at radius 1 is 1.83 bits per heavy atom. The summed E-state index contributed by atoms with van der Waals surface area (Å²) in [7, 11) is 0. The Morgan fingerprint density at radius 2 is 2.00 bits per heavy atom. The van der Waals surface area contributed by atoms with Gasteiger partial charge in [0.15, 0.2) is 0 Å². The average molecular weight is 124 g/mol. The molecule has 0 saturated heterocycles. The molecule has 0 aliphatic heterocycles. The monoisotopic (exact) mass is 124 g/mol. The molecule has 3 nitrogen and oxygen atoms in total. The quantitative estimate of drug-likeness (QED) is 0.316. The van der Waals surface area contributed by atoms with Crippen LogP contribution >= 0.6 is 12.2 Å². The highest BCUT2D eigenvalue weighted by molar-refractivity contribution is 8.15. The molecular weight excluding hydrogens is 120 g/mol. The third-order valence-electron chi connectivity index (χ3n) is 0.198. The van der Waals surface area contributed by atoms with E-state index in [1.807, 2.05) is 0 Å². The Bertz CT molecular complexity index is 62.6. The fourth-order valence-electron chi connectivity index (χ4n) is 0. The minimum absolute atomic E-state index is 0.157. The maximum Gasteiger partial charge on any atom is 0.304 e. The molecule has 5 heteroatoms. The summed E-state index contributed by atoms with van der Waals surface area (Å²) < 4.78 is 9.61. The van der Waals surface area contributed by atoms with Gasteiger partial charge in [0, 0.05) is 0 Å². The molecule has 0 aromatic rings. The third kappa shape index (κ3) is 2.40. The number of hydrogen-bond donors (Lipinski definition) is 2. The van der Waals surface area contributed by atoms with E-state index in [1.54, 1.807) is 0 Å². The fraction of sp³-hybridized carbons (Fsp3) is 0. The molecule has 0 saturated carbocycles. The van der Waals surface area contributed by atoms with E-state index in [4.69, 9.17) is 5.73 Å². The van der Waals surface area contributed by atoms with Gasteiger partial charge in [-0.25, -0.2) is 0 Å². The van der Waals surface area contributed by atoms with Crippen molar-refractivity contribution < 1.29 is 4.55 Å². The molecule has 4 N–H and O–H groups in total. The van der Waals surface area contributed by atoms with Gasteiger partial charge in [-0.05, 0) is 12.2 Å². The third-order valence-corrected chi connectivity index (χ3v) is 1.09. The number of thiocarbonyl (C=S) groups is 1. The minimum Gasteiger partial charge on any atom is -0.591 e. The summed E-state index contributed by atoms with van der Waals surface area (Å²) in [5.41, 5.74) is 4.74. The van der Waals surface area contributed by atoms with Crippen LogP contribution in [0, 0.1) is 0 Å². The highest BCUT2D eigenvalue weighted by atomic mass is 32.2. The predicted octanol–water partition coefficient (Wildman–Crippen LogP) is -1.15. The average Bonchev–Trinajstić information content (AvgIpc) is 1.36. The first-order valence-electron chi connectivity index (χ1n) is 1.10. The summed E-state index contributed by atoms with van der Waals surface area (Å²) in [6.45, 7) is 0. The van der Waals surface area contributed by atoms with E-state index in [0.29, 0.717) is 0 Å². The van der Waals surface area contributed by atoms with Crippen LogP contribution in [-0.4, -0.2) is 8.87 Å². The zero-order chi connectivity index (χ0) is 5.15. The Balaban J connectivity index is 3.26. The van der Waals surface area contributed by atoms with Gasteiger partial charge >= 0.3 is 4.32 Å². The van der Waals surface area contributed by atoms with Crippen molar-refractivity contribution in [3.8, 4) is 0 Å². The second-order valence-electron chi connectivity index (χ2n) is 0.616. The van der Waals surface area contributed by atoms with Gasteiger partial charge in [0.1, 0.15) is 11.4 Å². The second-order valence-corrected chi connectivity index (χ2v) is 2.35. The molecule has 6 heavy (non-hydrogen) atoms. The first-order valence-corrected chi connectivity index (χ1v) is 2.72. The van der Waals surface area contributed by atoms with Crippen molar-refractivity contribution in [1.82, 2.24) is 0 Å². The van der Waals surface area contributed by atoms with Crippen LogP contribution < -0.4 is 10.9 Å². The van der Waals surface area contributed by atoms with Crippen LogP contribution in [0.15, 0.2) is 0 Å². The van der Waals surface area contributed by atoms with Gasteiger partial charge in [-0.15, -0.1) is 5.14 Å². The summed E-state index contributed by atoms with van der Waals surface area (Å²) >= 11 is 2.56. The lowest BCUT2D eigenvalue weighted by molar-refractivity contribution is 0.608. The summed E-state index contributed by atoms with van der Waals surface area (Å²) in [6, 6.07) is 0. The lowest BCUT2D eigenvalue weighted by atomic mass is 11.5. The van der Waals surface area contributed by atoms with E-state index in [1.165, 1.54) is 0 Å². The fourth-order valence-corrected chi connectivity index (χ4v) is 0. The van der Waals surface area contributed by atoms with Crippen molar-refractivity contribution in [3.05, 3.63) is 0 Å². The van der Waals surface area contributed by atoms with Crippen LogP contribution in [0.3, 0.4) is 0 Å². The molecule has 0 aromatic heterocycles. The van der Waals surface area contributed by atoms with Crippen molar-refractivity contribution in [1.29, 1.82) is 0 Å². The highest BCUT2D eigenvalue weighted by Crippen LogP contribution is 1.72. The largest absolute Gasteiger partial charge is 0.591 e. The molecule has 0 radical (unpaired) electrons. The van der Waals surface area contributed by atoms with Gasteiger partial charge in [-0.2, -0.15) is 0 Å². The molecule has 1 unspecified atom stereocenters. The normalized spacial score (nSPS) is 13.7. The number of hydrogen-bond acceptors (Lipinski definition) is 3. The van der Waals surface area contributed by atoms with Crippen molar-refractivity contribution in [2.24, 2.45) is 10.9 Å². The zero-order valence-corrected chi connectivity index (χ0v) is 4.51. The van der Waals surface area contributed by atoms with E-state index < -0.39 is 11.4 Å².